The maximum atomic E-state index is 12.3. The second-order valence-electron chi connectivity index (χ2n) is 6.33. The Morgan fingerprint density at radius 2 is 1.80 bits per heavy atom. The highest BCUT2D eigenvalue weighted by atomic mass is 79.9. The molecule has 9 heteroatoms. The molecule has 2 aromatic carbocycles. The summed E-state index contributed by atoms with van der Waals surface area (Å²) in [6.45, 7) is 4.60. The average Bonchev–Trinajstić information content (AvgIpc) is 2.98. The summed E-state index contributed by atoms with van der Waals surface area (Å²) in [7, 11) is 0. The smallest absolute Gasteiger partial charge is 0.328 e. The molecule has 1 fully saturated rings. The number of hydrogen-bond acceptors (Lipinski definition) is 4. The minimum atomic E-state index is -0.434. The van der Waals surface area contributed by atoms with Crippen molar-refractivity contribution in [1.82, 2.24) is 10.2 Å². The molecular weight excluding hydrogens is 495 g/mol. The van der Waals surface area contributed by atoms with Crippen molar-refractivity contribution in [2.45, 2.75) is 20.5 Å². The Labute approximate surface area is 192 Å². The number of ether oxygens (including phenoxy) is 2. The van der Waals surface area contributed by atoms with E-state index in [9.17, 15) is 9.59 Å². The predicted octanol–water partition coefficient (Wildman–Crippen LogP) is 5.65. The zero-order chi connectivity index (χ0) is 21.8. The van der Waals surface area contributed by atoms with E-state index in [-0.39, 0.29) is 18.2 Å². The van der Waals surface area contributed by atoms with Gasteiger partial charge in [-0.1, -0.05) is 45.2 Å². The summed E-state index contributed by atoms with van der Waals surface area (Å²) in [4.78, 5) is 25.3. The first-order chi connectivity index (χ1) is 14.3. The first-order valence-corrected chi connectivity index (χ1v) is 10.8. The molecule has 1 aliphatic rings. The fourth-order valence-electron chi connectivity index (χ4n) is 2.85. The normalized spacial score (nSPS) is 15.0. The lowest BCUT2D eigenvalue weighted by molar-refractivity contribution is -0.122. The fourth-order valence-corrected chi connectivity index (χ4v) is 3.60. The van der Waals surface area contributed by atoms with Crippen LogP contribution in [0.3, 0.4) is 0 Å². The minimum Gasteiger partial charge on any atom is -0.490 e. The first kappa shape index (κ1) is 22.5. The van der Waals surface area contributed by atoms with Crippen LogP contribution in [0.15, 0.2) is 40.5 Å². The van der Waals surface area contributed by atoms with Crippen molar-refractivity contribution in [3.05, 3.63) is 61.7 Å². The molecule has 0 bridgehead atoms. The fraction of sp³-hybridized carbons (Fsp3) is 0.238. The summed E-state index contributed by atoms with van der Waals surface area (Å²) < 4.78 is 12.3. The van der Waals surface area contributed by atoms with E-state index in [1.54, 1.807) is 37.3 Å². The predicted molar refractivity (Wildman–Crippen MR) is 120 cm³/mol. The van der Waals surface area contributed by atoms with E-state index in [2.05, 4.69) is 21.2 Å². The van der Waals surface area contributed by atoms with Crippen LogP contribution in [0.2, 0.25) is 10.0 Å². The second-order valence-corrected chi connectivity index (χ2v) is 8.00. The van der Waals surface area contributed by atoms with Crippen LogP contribution in [0.1, 0.15) is 25.0 Å². The van der Waals surface area contributed by atoms with Crippen LogP contribution in [0.5, 0.6) is 11.5 Å². The molecule has 0 spiro atoms. The summed E-state index contributed by atoms with van der Waals surface area (Å²) >= 11 is 15.5. The van der Waals surface area contributed by atoms with Crippen LogP contribution in [-0.4, -0.2) is 30.0 Å². The maximum absolute atomic E-state index is 12.3. The highest BCUT2D eigenvalue weighted by molar-refractivity contribution is 9.10. The number of amides is 3. The SMILES string of the molecule is CCOc1cc(/C=C2/NC(=O)N(CC)C2=O)c(Br)cc1OCc1ccc(Cl)c(Cl)c1. The van der Waals surface area contributed by atoms with Gasteiger partial charge in [-0.3, -0.25) is 9.69 Å². The number of likely N-dealkylation sites (N-methyl/N-ethyl adjacent to an activating group) is 1. The van der Waals surface area contributed by atoms with Gasteiger partial charge in [-0.2, -0.15) is 0 Å². The van der Waals surface area contributed by atoms with Gasteiger partial charge in [0, 0.05) is 11.0 Å². The molecule has 158 valence electrons. The van der Waals surface area contributed by atoms with Crippen molar-refractivity contribution in [3.63, 3.8) is 0 Å². The van der Waals surface area contributed by atoms with E-state index in [0.717, 1.165) is 10.5 Å². The molecule has 1 aliphatic heterocycles. The largest absolute Gasteiger partial charge is 0.490 e. The lowest BCUT2D eigenvalue weighted by Gasteiger charge is -2.14. The number of imide groups is 1. The molecule has 2 aromatic rings. The van der Waals surface area contributed by atoms with Gasteiger partial charge in [-0.05, 0) is 55.3 Å². The monoisotopic (exact) mass is 512 g/mol. The molecule has 1 heterocycles. The van der Waals surface area contributed by atoms with E-state index in [4.69, 9.17) is 32.7 Å². The third-order valence-electron chi connectivity index (χ3n) is 4.32. The Morgan fingerprint density at radius 1 is 1.07 bits per heavy atom. The molecule has 30 heavy (non-hydrogen) atoms. The zero-order valence-corrected chi connectivity index (χ0v) is 19.4. The third kappa shape index (κ3) is 4.91. The lowest BCUT2D eigenvalue weighted by Crippen LogP contribution is -2.30. The quantitative estimate of drug-likeness (QED) is 0.384. The molecule has 0 unspecified atom stereocenters. The molecule has 0 aromatic heterocycles. The lowest BCUT2D eigenvalue weighted by atomic mass is 10.1. The topological polar surface area (TPSA) is 67.9 Å². The molecule has 1 N–H and O–H groups in total. The standard InChI is InChI=1S/C21H19BrCl2N2O4/c1-3-26-20(27)17(25-21(26)28)8-13-9-18(29-4-2)19(10-14(13)22)30-11-12-5-6-15(23)16(24)7-12/h5-10H,3-4,11H2,1-2H3,(H,25,28)/b17-8+. The molecule has 0 radical (unpaired) electrons. The number of carbonyl (C=O) groups excluding carboxylic acids is 2. The van der Waals surface area contributed by atoms with Crippen LogP contribution in [0.25, 0.3) is 6.08 Å². The summed E-state index contributed by atoms with van der Waals surface area (Å²) in [5, 5.41) is 3.52. The number of nitrogens with one attached hydrogen (secondary N) is 1. The van der Waals surface area contributed by atoms with Crippen LogP contribution in [0.4, 0.5) is 4.79 Å². The molecule has 0 atom stereocenters. The number of urea groups is 1. The highest BCUT2D eigenvalue weighted by Gasteiger charge is 2.32. The summed E-state index contributed by atoms with van der Waals surface area (Å²) in [6.07, 6.45) is 1.60. The average molecular weight is 514 g/mol. The molecule has 6 nitrogen and oxygen atoms in total. The van der Waals surface area contributed by atoms with Gasteiger partial charge < -0.3 is 14.8 Å². The number of carbonyl (C=O) groups is 2. The van der Waals surface area contributed by atoms with E-state index < -0.39 is 6.03 Å². The van der Waals surface area contributed by atoms with Crippen molar-refractivity contribution in [3.8, 4) is 11.5 Å². The van der Waals surface area contributed by atoms with Gasteiger partial charge in [0.25, 0.3) is 5.91 Å². The van der Waals surface area contributed by atoms with Crippen molar-refractivity contribution in [1.29, 1.82) is 0 Å². The number of halogens is 3. The Balaban J connectivity index is 1.87. The zero-order valence-electron chi connectivity index (χ0n) is 16.3. The van der Waals surface area contributed by atoms with Gasteiger partial charge in [0.05, 0.1) is 16.7 Å². The van der Waals surface area contributed by atoms with Crippen molar-refractivity contribution in [2.24, 2.45) is 0 Å². The first-order valence-electron chi connectivity index (χ1n) is 9.21. The Hall–Kier alpha value is -2.22. The molecule has 3 rings (SSSR count). The van der Waals surface area contributed by atoms with Crippen LogP contribution in [0, 0.1) is 0 Å². The minimum absolute atomic E-state index is 0.203. The summed E-state index contributed by atoms with van der Waals surface area (Å²) in [5.41, 5.74) is 1.73. The van der Waals surface area contributed by atoms with E-state index in [1.807, 2.05) is 13.0 Å². The highest BCUT2D eigenvalue weighted by Crippen LogP contribution is 2.36. The Kier molecular flexibility index (Phi) is 7.28. The molecule has 0 aliphatic carbocycles. The second kappa shape index (κ2) is 9.73. The number of benzene rings is 2. The van der Waals surface area contributed by atoms with E-state index in [1.165, 1.54) is 0 Å². The van der Waals surface area contributed by atoms with Crippen LogP contribution >= 0.6 is 39.1 Å². The van der Waals surface area contributed by atoms with Gasteiger partial charge in [0.1, 0.15) is 12.3 Å². The Bertz CT molecular complexity index is 1030. The van der Waals surface area contributed by atoms with Gasteiger partial charge in [0.15, 0.2) is 11.5 Å². The van der Waals surface area contributed by atoms with E-state index in [0.29, 0.717) is 44.7 Å². The van der Waals surface area contributed by atoms with Gasteiger partial charge in [-0.15, -0.1) is 0 Å². The van der Waals surface area contributed by atoms with Crippen LogP contribution in [-0.2, 0) is 11.4 Å². The molecule has 3 amide bonds. The van der Waals surface area contributed by atoms with Gasteiger partial charge >= 0.3 is 6.03 Å². The van der Waals surface area contributed by atoms with Crippen molar-refractivity contribution < 1.29 is 19.1 Å². The molecule has 0 saturated carbocycles. The number of rotatable bonds is 7. The van der Waals surface area contributed by atoms with Crippen LogP contribution < -0.4 is 14.8 Å². The number of nitrogens with zero attached hydrogens (tertiary/aromatic N) is 1. The Morgan fingerprint density at radius 3 is 2.43 bits per heavy atom. The number of hydrogen-bond donors (Lipinski definition) is 1. The van der Waals surface area contributed by atoms with Crippen molar-refractivity contribution >= 4 is 57.1 Å². The molecule has 1 saturated heterocycles. The third-order valence-corrected chi connectivity index (χ3v) is 5.75. The van der Waals surface area contributed by atoms with Gasteiger partial charge in [-0.25, -0.2) is 4.79 Å². The summed E-state index contributed by atoms with van der Waals surface area (Å²) in [6, 6.07) is 8.36. The van der Waals surface area contributed by atoms with Gasteiger partial charge in [0.2, 0.25) is 0 Å². The molecular formula is C21H19BrCl2N2O4. The van der Waals surface area contributed by atoms with E-state index >= 15 is 0 Å². The van der Waals surface area contributed by atoms with Crippen molar-refractivity contribution in [2.75, 3.05) is 13.2 Å². The maximum Gasteiger partial charge on any atom is 0.328 e. The summed E-state index contributed by atoms with van der Waals surface area (Å²) in [5.74, 6) is 0.665.